The molecule has 0 aliphatic carbocycles. The number of carboxylic acid groups (broad SMARTS) is 1. The van der Waals surface area contributed by atoms with Crippen LogP contribution >= 0.6 is 0 Å². The van der Waals surface area contributed by atoms with Crippen molar-refractivity contribution in [2.75, 3.05) is 0 Å². The molecule has 0 radical (unpaired) electrons. The Labute approximate surface area is 276 Å². The average Bonchev–Trinajstić information content (AvgIpc) is 3.04. The van der Waals surface area contributed by atoms with Crippen molar-refractivity contribution in [3.63, 3.8) is 0 Å². The highest BCUT2D eigenvalue weighted by atomic mass is 16.6. The first kappa shape index (κ1) is 33.3. The highest BCUT2D eigenvalue weighted by Crippen LogP contribution is 2.32. The third-order valence-electron chi connectivity index (χ3n) is 8.25. The van der Waals surface area contributed by atoms with E-state index in [-0.39, 0.29) is 24.8 Å². The number of hydrogen-bond acceptors (Lipinski definition) is 5. The van der Waals surface area contributed by atoms with Gasteiger partial charge in [0.05, 0.1) is 12.6 Å². The van der Waals surface area contributed by atoms with Crippen molar-refractivity contribution in [2.45, 2.75) is 77.6 Å². The van der Waals surface area contributed by atoms with Gasteiger partial charge in [-0.2, -0.15) is 0 Å². The lowest BCUT2D eigenvalue weighted by Crippen LogP contribution is -2.56. The van der Waals surface area contributed by atoms with Gasteiger partial charge in [0.15, 0.2) is 0 Å². The number of fused-ring (bicyclic) bond motifs is 1. The van der Waals surface area contributed by atoms with Crippen molar-refractivity contribution < 1.29 is 29.0 Å². The molecule has 8 heteroatoms. The van der Waals surface area contributed by atoms with Gasteiger partial charge >= 0.3 is 12.1 Å². The zero-order valence-electron chi connectivity index (χ0n) is 27.5. The number of carboxylic acids is 1. The van der Waals surface area contributed by atoms with Gasteiger partial charge < -0.3 is 19.9 Å². The molecule has 1 heterocycles. The quantitative estimate of drug-likeness (QED) is 0.197. The second-order valence-corrected chi connectivity index (χ2v) is 13.3. The van der Waals surface area contributed by atoms with Crippen molar-refractivity contribution in [1.29, 1.82) is 0 Å². The smallest absolute Gasteiger partial charge is 0.411 e. The topological polar surface area (TPSA) is 105 Å². The van der Waals surface area contributed by atoms with Crippen LogP contribution in [0.25, 0.3) is 11.1 Å². The Morgan fingerprint density at radius 2 is 1.49 bits per heavy atom. The summed E-state index contributed by atoms with van der Waals surface area (Å²) in [6.07, 6.45) is -0.748. The summed E-state index contributed by atoms with van der Waals surface area (Å²) in [5.74, 6) is -0.410. The zero-order chi connectivity index (χ0) is 33.7. The molecule has 47 heavy (non-hydrogen) atoms. The van der Waals surface area contributed by atoms with Gasteiger partial charge in [0.25, 0.3) is 0 Å². The molecule has 2 atom stereocenters. The summed E-state index contributed by atoms with van der Waals surface area (Å²) < 4.78 is 11.6. The second kappa shape index (κ2) is 14.1. The van der Waals surface area contributed by atoms with E-state index < -0.39 is 36.2 Å². The Bertz CT molecular complexity index is 1710. The van der Waals surface area contributed by atoms with E-state index in [4.69, 9.17) is 9.47 Å². The first-order valence-corrected chi connectivity index (χ1v) is 15.9. The predicted molar refractivity (Wildman–Crippen MR) is 181 cm³/mol. The fourth-order valence-electron chi connectivity index (χ4n) is 5.65. The summed E-state index contributed by atoms with van der Waals surface area (Å²) >= 11 is 0. The molecule has 244 valence electrons. The number of nitrogens with zero attached hydrogens (tertiary/aromatic N) is 1. The van der Waals surface area contributed by atoms with E-state index in [0.717, 1.165) is 27.8 Å². The molecule has 0 spiro atoms. The third kappa shape index (κ3) is 8.38. The Kier molecular flexibility index (Phi) is 9.99. The van der Waals surface area contributed by atoms with E-state index in [2.05, 4.69) is 26.1 Å². The van der Waals surface area contributed by atoms with Crippen LogP contribution in [0.5, 0.6) is 11.5 Å². The van der Waals surface area contributed by atoms with Crippen molar-refractivity contribution in [1.82, 2.24) is 10.2 Å². The van der Waals surface area contributed by atoms with Crippen molar-refractivity contribution in [3.05, 3.63) is 119 Å². The lowest BCUT2D eigenvalue weighted by molar-refractivity contribution is -0.142. The van der Waals surface area contributed by atoms with Gasteiger partial charge in [-0.05, 0) is 76.9 Å². The fraction of sp³-hybridized carbons (Fsp3) is 0.308. The van der Waals surface area contributed by atoms with E-state index in [0.29, 0.717) is 11.5 Å². The van der Waals surface area contributed by atoms with E-state index >= 15 is 0 Å². The minimum atomic E-state index is -1.19. The van der Waals surface area contributed by atoms with Gasteiger partial charge in [-0.25, -0.2) is 9.59 Å². The molecule has 0 fully saturated rings. The van der Waals surface area contributed by atoms with E-state index in [1.807, 2.05) is 97.1 Å². The summed E-state index contributed by atoms with van der Waals surface area (Å²) in [5, 5.41) is 12.7. The number of aliphatic carboxylic acids is 1. The average molecular weight is 635 g/mol. The molecule has 8 nitrogen and oxygen atoms in total. The Balaban J connectivity index is 1.32. The molecular weight excluding hydrogens is 592 g/mol. The highest BCUT2D eigenvalue weighted by Gasteiger charge is 2.37. The fourth-order valence-corrected chi connectivity index (χ4v) is 5.65. The van der Waals surface area contributed by atoms with Gasteiger partial charge in [0.1, 0.15) is 23.6 Å². The molecule has 2 amide bonds. The molecule has 4 aromatic rings. The van der Waals surface area contributed by atoms with Crippen LogP contribution in [-0.4, -0.2) is 46.2 Å². The number of rotatable bonds is 9. The van der Waals surface area contributed by atoms with Crippen LogP contribution in [0.15, 0.2) is 97.1 Å². The summed E-state index contributed by atoms with van der Waals surface area (Å²) in [5.41, 5.74) is 5.76. The SMILES string of the molecule is CC(C)OC(=O)N1Cc2cc(Oc3ccc(C(C)(C)C)cc3)ccc2C[C@H]1C(=O)NC(Cc1ccc(-c2ccccc2)cc1)C(=O)O. The van der Waals surface area contributed by atoms with Crippen LogP contribution in [0.3, 0.4) is 0 Å². The lowest BCUT2D eigenvalue weighted by Gasteiger charge is -2.36. The Hall–Kier alpha value is -5.11. The standard InChI is InChI=1S/C39H42N2O6/c1-25(2)46-38(45)41-24-30-22-33(47-32-19-16-31(17-20-32)39(3,4)5)18-15-29(30)23-35(41)36(42)40-34(37(43)44)21-26-11-13-28(14-12-26)27-9-7-6-8-10-27/h6-20,22,25,34-35H,21,23-24H2,1-5H3,(H,40,42)(H,43,44)/t34?,35-/m0/s1. The van der Waals surface area contributed by atoms with Crippen molar-refractivity contribution in [3.8, 4) is 22.6 Å². The van der Waals surface area contributed by atoms with E-state index in [1.54, 1.807) is 13.8 Å². The molecule has 0 aromatic heterocycles. The molecule has 1 aliphatic rings. The zero-order valence-corrected chi connectivity index (χ0v) is 27.5. The number of amides is 2. The molecule has 5 rings (SSSR count). The summed E-state index contributed by atoms with van der Waals surface area (Å²) in [6, 6.07) is 28.9. The van der Waals surface area contributed by atoms with Gasteiger partial charge in [0.2, 0.25) is 5.91 Å². The lowest BCUT2D eigenvalue weighted by atomic mass is 9.87. The monoisotopic (exact) mass is 634 g/mol. The molecule has 2 N–H and O–H groups in total. The van der Waals surface area contributed by atoms with Crippen LogP contribution in [0.2, 0.25) is 0 Å². The van der Waals surface area contributed by atoms with Crippen LogP contribution in [-0.2, 0) is 39.1 Å². The second-order valence-electron chi connectivity index (χ2n) is 13.3. The van der Waals surface area contributed by atoms with E-state index in [1.165, 1.54) is 10.5 Å². The van der Waals surface area contributed by atoms with Crippen LogP contribution in [0, 0.1) is 0 Å². The molecule has 1 unspecified atom stereocenters. The molecular formula is C39H42N2O6. The molecule has 4 aromatic carbocycles. The number of hydrogen-bond donors (Lipinski definition) is 2. The largest absolute Gasteiger partial charge is 0.480 e. The normalized spacial score (nSPS) is 15.0. The van der Waals surface area contributed by atoms with Crippen LogP contribution in [0.4, 0.5) is 4.79 Å². The molecule has 0 saturated carbocycles. The van der Waals surface area contributed by atoms with Gasteiger partial charge in [-0.3, -0.25) is 9.69 Å². The number of carbonyl (C=O) groups excluding carboxylic acids is 2. The number of carbonyl (C=O) groups is 3. The minimum absolute atomic E-state index is 0.0276. The summed E-state index contributed by atoms with van der Waals surface area (Å²) in [6.45, 7) is 10.1. The molecule has 0 bridgehead atoms. The van der Waals surface area contributed by atoms with Crippen LogP contribution in [0.1, 0.15) is 56.9 Å². The maximum absolute atomic E-state index is 13.7. The maximum atomic E-state index is 13.7. The van der Waals surface area contributed by atoms with Crippen LogP contribution < -0.4 is 10.1 Å². The minimum Gasteiger partial charge on any atom is -0.480 e. The van der Waals surface area contributed by atoms with Gasteiger partial charge in [0, 0.05) is 12.8 Å². The summed E-state index contributed by atoms with van der Waals surface area (Å²) in [7, 11) is 0. The molecule has 1 aliphatic heterocycles. The Morgan fingerprint density at radius 3 is 2.11 bits per heavy atom. The predicted octanol–water partition coefficient (Wildman–Crippen LogP) is 7.53. The first-order valence-electron chi connectivity index (χ1n) is 15.9. The summed E-state index contributed by atoms with van der Waals surface area (Å²) in [4.78, 5) is 40.6. The van der Waals surface area contributed by atoms with E-state index in [9.17, 15) is 19.5 Å². The highest BCUT2D eigenvalue weighted by molar-refractivity contribution is 5.90. The first-order chi connectivity index (χ1) is 22.4. The van der Waals surface area contributed by atoms with Crippen molar-refractivity contribution in [2.24, 2.45) is 0 Å². The third-order valence-corrected chi connectivity index (χ3v) is 8.25. The number of nitrogens with one attached hydrogen (secondary N) is 1. The Morgan fingerprint density at radius 1 is 0.851 bits per heavy atom. The van der Waals surface area contributed by atoms with Gasteiger partial charge in [-0.15, -0.1) is 0 Å². The van der Waals surface area contributed by atoms with Gasteiger partial charge in [-0.1, -0.05) is 93.6 Å². The maximum Gasteiger partial charge on any atom is 0.411 e. The van der Waals surface area contributed by atoms with Crippen molar-refractivity contribution >= 4 is 18.0 Å². The number of ether oxygens (including phenoxy) is 2. The number of benzene rings is 4. The molecule has 0 saturated heterocycles.